The average molecular weight is 145 g/mol. The van der Waals surface area contributed by atoms with E-state index in [0.29, 0.717) is 12.5 Å². The molecular weight excluding hydrogens is 126 g/mol. The highest BCUT2D eigenvalue weighted by Crippen LogP contribution is 2.04. The highest BCUT2D eigenvalue weighted by atomic mass is 16.3. The Morgan fingerprint density at radius 1 is 1.40 bits per heavy atom. The number of rotatable bonds is 6. The minimum absolute atomic E-state index is 0.323. The van der Waals surface area contributed by atoms with Crippen LogP contribution in [0.3, 0.4) is 0 Å². The summed E-state index contributed by atoms with van der Waals surface area (Å²) < 4.78 is 0. The molecule has 0 heterocycles. The molecule has 0 aromatic rings. The van der Waals surface area contributed by atoms with Gasteiger partial charge in [-0.05, 0) is 25.4 Å². The molecule has 0 spiro atoms. The van der Waals surface area contributed by atoms with Gasteiger partial charge in [-0.2, -0.15) is 0 Å². The van der Waals surface area contributed by atoms with Gasteiger partial charge in [-0.25, -0.2) is 0 Å². The highest BCUT2D eigenvalue weighted by molar-refractivity contribution is 4.58. The Balaban J connectivity index is 3.21. The van der Waals surface area contributed by atoms with Crippen molar-refractivity contribution in [2.45, 2.75) is 26.7 Å². The van der Waals surface area contributed by atoms with Crippen LogP contribution in [-0.4, -0.2) is 24.8 Å². The second kappa shape index (κ2) is 7.03. The average Bonchev–Trinajstić information content (AvgIpc) is 1.98. The SMILES string of the molecule is CCNCC(CC)CCO. The third-order valence-corrected chi connectivity index (χ3v) is 1.80. The fourth-order valence-electron chi connectivity index (χ4n) is 0.982. The first-order valence-electron chi connectivity index (χ1n) is 4.16. The van der Waals surface area contributed by atoms with E-state index in [4.69, 9.17) is 5.11 Å². The zero-order chi connectivity index (χ0) is 7.82. The standard InChI is InChI=1S/C8H19NO/c1-3-8(5-6-10)7-9-4-2/h8-10H,3-7H2,1-2H3. The summed E-state index contributed by atoms with van der Waals surface area (Å²) in [6, 6.07) is 0. The van der Waals surface area contributed by atoms with E-state index in [1.165, 1.54) is 0 Å². The van der Waals surface area contributed by atoms with Crippen LogP contribution in [0.2, 0.25) is 0 Å². The lowest BCUT2D eigenvalue weighted by Crippen LogP contribution is -2.22. The summed E-state index contributed by atoms with van der Waals surface area (Å²) in [4.78, 5) is 0. The van der Waals surface area contributed by atoms with Gasteiger partial charge >= 0.3 is 0 Å². The Kier molecular flexibility index (Phi) is 6.98. The summed E-state index contributed by atoms with van der Waals surface area (Å²) in [7, 11) is 0. The van der Waals surface area contributed by atoms with Crippen LogP contribution in [0.25, 0.3) is 0 Å². The van der Waals surface area contributed by atoms with Gasteiger partial charge in [-0.15, -0.1) is 0 Å². The molecule has 2 heteroatoms. The van der Waals surface area contributed by atoms with Gasteiger partial charge in [0.1, 0.15) is 0 Å². The second-order valence-electron chi connectivity index (χ2n) is 2.59. The van der Waals surface area contributed by atoms with Gasteiger partial charge in [0.2, 0.25) is 0 Å². The Morgan fingerprint density at radius 3 is 2.50 bits per heavy atom. The number of nitrogens with one attached hydrogen (secondary N) is 1. The van der Waals surface area contributed by atoms with Crippen molar-refractivity contribution in [3.8, 4) is 0 Å². The summed E-state index contributed by atoms with van der Waals surface area (Å²) in [5.41, 5.74) is 0. The largest absolute Gasteiger partial charge is 0.396 e. The smallest absolute Gasteiger partial charge is 0.0434 e. The summed E-state index contributed by atoms with van der Waals surface area (Å²) in [6.07, 6.45) is 2.09. The predicted molar refractivity (Wildman–Crippen MR) is 44.0 cm³/mol. The van der Waals surface area contributed by atoms with E-state index in [1.807, 2.05) is 0 Å². The van der Waals surface area contributed by atoms with Crippen molar-refractivity contribution < 1.29 is 5.11 Å². The first-order chi connectivity index (χ1) is 4.85. The van der Waals surface area contributed by atoms with Crippen molar-refractivity contribution >= 4 is 0 Å². The summed E-state index contributed by atoms with van der Waals surface area (Å²) in [6.45, 7) is 6.67. The lowest BCUT2D eigenvalue weighted by Gasteiger charge is -2.12. The molecule has 2 nitrogen and oxygen atoms in total. The molecule has 0 bridgehead atoms. The van der Waals surface area contributed by atoms with Gasteiger partial charge in [0.25, 0.3) is 0 Å². The highest BCUT2D eigenvalue weighted by Gasteiger charge is 2.02. The number of aliphatic hydroxyl groups excluding tert-OH is 1. The maximum absolute atomic E-state index is 8.64. The maximum Gasteiger partial charge on any atom is 0.0434 e. The van der Waals surface area contributed by atoms with Crippen LogP contribution in [0.1, 0.15) is 26.7 Å². The first-order valence-corrected chi connectivity index (χ1v) is 4.16. The molecule has 0 aliphatic carbocycles. The molecule has 0 saturated carbocycles. The van der Waals surface area contributed by atoms with E-state index in [-0.39, 0.29) is 0 Å². The molecule has 0 aliphatic heterocycles. The number of aliphatic hydroxyl groups is 1. The normalized spacial score (nSPS) is 13.5. The molecule has 0 amide bonds. The van der Waals surface area contributed by atoms with Gasteiger partial charge in [0.15, 0.2) is 0 Å². The van der Waals surface area contributed by atoms with Crippen LogP contribution < -0.4 is 5.32 Å². The number of hydrogen-bond acceptors (Lipinski definition) is 2. The van der Waals surface area contributed by atoms with Gasteiger partial charge < -0.3 is 10.4 Å². The van der Waals surface area contributed by atoms with Crippen molar-refractivity contribution in [3.63, 3.8) is 0 Å². The van der Waals surface area contributed by atoms with Gasteiger partial charge in [-0.3, -0.25) is 0 Å². The van der Waals surface area contributed by atoms with Crippen molar-refractivity contribution in [3.05, 3.63) is 0 Å². The van der Waals surface area contributed by atoms with Crippen LogP contribution in [-0.2, 0) is 0 Å². The molecule has 1 atom stereocenters. The molecule has 0 saturated heterocycles. The van der Waals surface area contributed by atoms with Gasteiger partial charge in [0.05, 0.1) is 0 Å². The van der Waals surface area contributed by atoms with Crippen LogP contribution in [0.15, 0.2) is 0 Å². The fraction of sp³-hybridized carbons (Fsp3) is 1.00. The predicted octanol–water partition coefficient (Wildman–Crippen LogP) is 1.00. The lowest BCUT2D eigenvalue weighted by atomic mass is 10.0. The van der Waals surface area contributed by atoms with Gasteiger partial charge in [0, 0.05) is 6.61 Å². The maximum atomic E-state index is 8.64. The van der Waals surface area contributed by atoms with E-state index in [0.717, 1.165) is 25.9 Å². The quantitative estimate of drug-likeness (QED) is 0.584. The van der Waals surface area contributed by atoms with E-state index < -0.39 is 0 Å². The molecule has 1 unspecified atom stereocenters. The Labute approximate surface area is 63.6 Å². The molecular formula is C8H19NO. The monoisotopic (exact) mass is 145 g/mol. The van der Waals surface area contributed by atoms with Crippen molar-refractivity contribution in [2.75, 3.05) is 19.7 Å². The Bertz CT molecular complexity index is 66.3. The topological polar surface area (TPSA) is 32.3 Å². The van der Waals surface area contributed by atoms with Crippen LogP contribution in [0.4, 0.5) is 0 Å². The van der Waals surface area contributed by atoms with E-state index in [9.17, 15) is 0 Å². The van der Waals surface area contributed by atoms with Crippen LogP contribution in [0, 0.1) is 5.92 Å². The molecule has 2 N–H and O–H groups in total. The molecule has 62 valence electrons. The zero-order valence-electron chi connectivity index (χ0n) is 7.06. The third-order valence-electron chi connectivity index (χ3n) is 1.80. The number of hydrogen-bond donors (Lipinski definition) is 2. The van der Waals surface area contributed by atoms with E-state index in [2.05, 4.69) is 19.2 Å². The van der Waals surface area contributed by atoms with E-state index in [1.54, 1.807) is 0 Å². The Hall–Kier alpha value is -0.0800. The molecule has 0 fully saturated rings. The minimum Gasteiger partial charge on any atom is -0.396 e. The van der Waals surface area contributed by atoms with Crippen molar-refractivity contribution in [1.29, 1.82) is 0 Å². The lowest BCUT2D eigenvalue weighted by molar-refractivity contribution is 0.252. The molecule has 0 aliphatic rings. The first kappa shape index (κ1) is 9.92. The molecule has 0 aromatic heterocycles. The summed E-state index contributed by atoms with van der Waals surface area (Å²) in [5.74, 6) is 0.657. The van der Waals surface area contributed by atoms with E-state index >= 15 is 0 Å². The fourth-order valence-corrected chi connectivity index (χ4v) is 0.982. The Morgan fingerprint density at radius 2 is 2.10 bits per heavy atom. The van der Waals surface area contributed by atoms with Crippen molar-refractivity contribution in [1.82, 2.24) is 5.32 Å². The van der Waals surface area contributed by atoms with Crippen LogP contribution >= 0.6 is 0 Å². The summed E-state index contributed by atoms with van der Waals surface area (Å²) >= 11 is 0. The molecule has 10 heavy (non-hydrogen) atoms. The van der Waals surface area contributed by atoms with Crippen LogP contribution in [0.5, 0.6) is 0 Å². The second-order valence-corrected chi connectivity index (χ2v) is 2.59. The van der Waals surface area contributed by atoms with Crippen molar-refractivity contribution in [2.24, 2.45) is 5.92 Å². The van der Waals surface area contributed by atoms with Gasteiger partial charge in [-0.1, -0.05) is 20.3 Å². The third kappa shape index (κ3) is 4.77. The molecule has 0 aromatic carbocycles. The zero-order valence-corrected chi connectivity index (χ0v) is 7.06. The molecule has 0 radical (unpaired) electrons. The molecule has 0 rings (SSSR count). The summed E-state index contributed by atoms with van der Waals surface area (Å²) in [5, 5.41) is 11.9. The minimum atomic E-state index is 0.323.